The predicted molar refractivity (Wildman–Crippen MR) is 135 cm³/mol. The summed E-state index contributed by atoms with van der Waals surface area (Å²) in [5, 5.41) is 15.4. The molecule has 180 valence electrons. The van der Waals surface area contributed by atoms with E-state index in [1.165, 1.54) is 18.4 Å². The van der Waals surface area contributed by atoms with Crippen molar-refractivity contribution in [1.29, 1.82) is 0 Å². The minimum Gasteiger partial charge on any atom is -0.439 e. The summed E-state index contributed by atoms with van der Waals surface area (Å²) in [5.74, 6) is 2.17. The summed E-state index contributed by atoms with van der Waals surface area (Å²) in [4.78, 5) is 2.31. The average molecular weight is 462 g/mol. The molecule has 1 N–H and O–H groups in total. The smallest absolute Gasteiger partial charge is 0.227 e. The van der Waals surface area contributed by atoms with Crippen molar-refractivity contribution < 1.29 is 14.6 Å². The number of aliphatic hydroxyl groups excluding tert-OH is 1. The summed E-state index contributed by atoms with van der Waals surface area (Å²) in [7, 11) is 0. The third-order valence-corrected chi connectivity index (χ3v) is 5.98. The molecule has 1 aromatic heterocycles. The second-order valence-electron chi connectivity index (χ2n) is 9.15. The Morgan fingerprint density at radius 3 is 2.56 bits per heavy atom. The summed E-state index contributed by atoms with van der Waals surface area (Å²) in [5.41, 5.74) is 4.09. The van der Waals surface area contributed by atoms with Gasteiger partial charge in [-0.1, -0.05) is 42.0 Å². The number of aliphatic hydroxyl groups is 1. The van der Waals surface area contributed by atoms with Crippen molar-refractivity contribution in [2.75, 3.05) is 26.3 Å². The largest absolute Gasteiger partial charge is 0.439 e. The van der Waals surface area contributed by atoms with Gasteiger partial charge in [0.15, 0.2) is 0 Å². The Morgan fingerprint density at radius 2 is 1.88 bits per heavy atom. The highest BCUT2D eigenvalue weighted by Gasteiger charge is 2.28. The number of benzene rings is 2. The molecule has 1 heterocycles. The summed E-state index contributed by atoms with van der Waals surface area (Å²) in [6.07, 6.45) is 3.62. The Labute approximate surface area is 202 Å². The summed E-state index contributed by atoms with van der Waals surface area (Å²) in [6.45, 7) is 10.6. The molecule has 6 nitrogen and oxygen atoms in total. The van der Waals surface area contributed by atoms with Crippen molar-refractivity contribution in [3.05, 3.63) is 84.1 Å². The molecule has 1 atom stereocenters. The second-order valence-corrected chi connectivity index (χ2v) is 9.15. The first kappa shape index (κ1) is 24.2. The van der Waals surface area contributed by atoms with Crippen LogP contribution in [0.3, 0.4) is 0 Å². The highest BCUT2D eigenvalue weighted by molar-refractivity contribution is 5.43. The van der Waals surface area contributed by atoms with Gasteiger partial charge in [0.2, 0.25) is 5.88 Å². The molecule has 0 spiro atoms. The fourth-order valence-electron chi connectivity index (χ4n) is 4.02. The van der Waals surface area contributed by atoms with Crippen LogP contribution < -0.4 is 4.74 Å². The number of rotatable bonds is 13. The van der Waals surface area contributed by atoms with Crippen LogP contribution in [0.4, 0.5) is 0 Å². The Balaban J connectivity index is 1.62. The lowest BCUT2D eigenvalue weighted by Crippen LogP contribution is -2.36. The zero-order chi connectivity index (χ0) is 23.9. The van der Waals surface area contributed by atoms with Crippen LogP contribution in [-0.2, 0) is 11.3 Å². The number of para-hydroxylation sites is 1. The van der Waals surface area contributed by atoms with Gasteiger partial charge in [-0.3, -0.25) is 4.90 Å². The van der Waals surface area contributed by atoms with Gasteiger partial charge in [0, 0.05) is 19.6 Å². The lowest BCUT2D eigenvalue weighted by Gasteiger charge is -2.25. The van der Waals surface area contributed by atoms with Gasteiger partial charge in [0.05, 0.1) is 36.3 Å². The van der Waals surface area contributed by atoms with Gasteiger partial charge in [-0.2, -0.15) is 5.10 Å². The Morgan fingerprint density at radius 1 is 1.15 bits per heavy atom. The van der Waals surface area contributed by atoms with Crippen LogP contribution in [0.25, 0.3) is 5.69 Å². The first-order valence-electron chi connectivity index (χ1n) is 12.0. The van der Waals surface area contributed by atoms with Crippen LogP contribution in [0, 0.1) is 19.8 Å². The maximum atomic E-state index is 10.6. The van der Waals surface area contributed by atoms with E-state index >= 15 is 0 Å². The molecular weight excluding hydrogens is 426 g/mol. The zero-order valence-electron chi connectivity index (χ0n) is 20.2. The lowest BCUT2D eigenvalue weighted by molar-refractivity contribution is 0.0235. The van der Waals surface area contributed by atoms with Crippen LogP contribution in [0.15, 0.2) is 67.3 Å². The minimum absolute atomic E-state index is 0.294. The third-order valence-electron chi connectivity index (χ3n) is 5.98. The van der Waals surface area contributed by atoms with Gasteiger partial charge in [-0.05, 0) is 56.9 Å². The van der Waals surface area contributed by atoms with Crippen LogP contribution in [0.1, 0.15) is 29.7 Å². The molecule has 1 saturated carbocycles. The molecule has 34 heavy (non-hydrogen) atoms. The van der Waals surface area contributed by atoms with E-state index in [0.29, 0.717) is 38.1 Å². The van der Waals surface area contributed by atoms with E-state index in [1.807, 2.05) is 66.2 Å². The SMILES string of the molecule is C=CCOC[C@H](O)CN(Cc1c(C)nn(-c2ccccc2)c1Oc1ccc(C)cc1)CC1CC1. The Bertz CT molecular complexity index is 1060. The van der Waals surface area contributed by atoms with Crippen LogP contribution in [0.5, 0.6) is 11.6 Å². The van der Waals surface area contributed by atoms with Crippen LogP contribution in [0.2, 0.25) is 0 Å². The third kappa shape index (κ3) is 6.56. The number of ether oxygens (including phenoxy) is 2. The normalized spacial score (nSPS) is 14.4. The quantitative estimate of drug-likeness (QED) is 0.285. The molecule has 1 fully saturated rings. The molecule has 0 saturated heterocycles. The van der Waals surface area contributed by atoms with Crippen molar-refractivity contribution >= 4 is 0 Å². The monoisotopic (exact) mass is 461 g/mol. The van der Waals surface area contributed by atoms with Crippen molar-refractivity contribution in [2.24, 2.45) is 5.92 Å². The highest BCUT2D eigenvalue weighted by atomic mass is 16.5. The topological polar surface area (TPSA) is 59.8 Å². The van der Waals surface area contributed by atoms with Gasteiger partial charge in [-0.25, -0.2) is 4.68 Å². The van der Waals surface area contributed by atoms with Crippen LogP contribution in [-0.4, -0.2) is 52.2 Å². The number of nitrogens with zero attached hydrogens (tertiary/aromatic N) is 3. The summed E-state index contributed by atoms with van der Waals surface area (Å²) < 4.78 is 13.8. The molecule has 4 rings (SSSR count). The van der Waals surface area contributed by atoms with Gasteiger partial charge >= 0.3 is 0 Å². The van der Waals surface area contributed by atoms with Crippen molar-refractivity contribution in [3.63, 3.8) is 0 Å². The molecule has 0 unspecified atom stereocenters. The highest BCUT2D eigenvalue weighted by Crippen LogP contribution is 2.34. The first-order valence-corrected chi connectivity index (χ1v) is 12.0. The number of aryl methyl sites for hydroxylation is 2. The summed E-state index contributed by atoms with van der Waals surface area (Å²) >= 11 is 0. The molecule has 0 amide bonds. The molecule has 0 aliphatic heterocycles. The van der Waals surface area contributed by atoms with E-state index in [0.717, 1.165) is 29.2 Å². The first-order chi connectivity index (χ1) is 16.5. The lowest BCUT2D eigenvalue weighted by atomic mass is 10.2. The van der Waals surface area contributed by atoms with Crippen molar-refractivity contribution in [3.8, 4) is 17.3 Å². The van der Waals surface area contributed by atoms with Crippen molar-refractivity contribution in [2.45, 2.75) is 39.3 Å². The average Bonchev–Trinajstić information content (AvgIpc) is 3.60. The maximum absolute atomic E-state index is 10.6. The zero-order valence-corrected chi connectivity index (χ0v) is 20.2. The molecule has 2 aromatic carbocycles. The molecular formula is C28H35N3O3. The van der Waals surface area contributed by atoms with Gasteiger partial charge < -0.3 is 14.6 Å². The number of hydrogen-bond acceptors (Lipinski definition) is 5. The molecule has 1 aliphatic carbocycles. The second kappa shape index (κ2) is 11.5. The van der Waals surface area contributed by atoms with E-state index < -0.39 is 6.10 Å². The molecule has 0 bridgehead atoms. The van der Waals surface area contributed by atoms with Gasteiger partial charge in [0.25, 0.3) is 0 Å². The van der Waals surface area contributed by atoms with E-state index in [2.05, 4.69) is 18.4 Å². The molecule has 6 heteroatoms. The predicted octanol–water partition coefficient (Wildman–Crippen LogP) is 5.06. The molecule has 1 aliphatic rings. The van der Waals surface area contributed by atoms with E-state index in [4.69, 9.17) is 14.6 Å². The minimum atomic E-state index is -0.565. The standard InChI is InChI=1S/C28H35N3O3/c1-4-16-33-20-25(32)18-30(17-23-12-13-23)19-27-22(3)29-31(24-8-6-5-7-9-24)28(27)34-26-14-10-21(2)11-15-26/h4-11,14-15,23,25,32H,1,12-13,16-20H2,2-3H3/t25-/m1/s1. The Kier molecular flexibility index (Phi) is 8.16. The fourth-order valence-corrected chi connectivity index (χ4v) is 4.02. The number of hydrogen-bond donors (Lipinski definition) is 1. The van der Waals surface area contributed by atoms with E-state index in [1.54, 1.807) is 6.08 Å². The molecule has 3 aromatic rings. The van der Waals surface area contributed by atoms with Gasteiger partial charge in [-0.15, -0.1) is 6.58 Å². The number of aromatic nitrogens is 2. The summed E-state index contributed by atoms with van der Waals surface area (Å²) in [6, 6.07) is 18.1. The Hall–Kier alpha value is -2.93. The van der Waals surface area contributed by atoms with E-state index in [9.17, 15) is 5.11 Å². The maximum Gasteiger partial charge on any atom is 0.227 e. The fraction of sp³-hybridized carbons (Fsp3) is 0.393. The van der Waals surface area contributed by atoms with Crippen LogP contribution >= 0.6 is 0 Å². The van der Waals surface area contributed by atoms with Crippen molar-refractivity contribution in [1.82, 2.24) is 14.7 Å². The van der Waals surface area contributed by atoms with E-state index in [-0.39, 0.29) is 0 Å². The molecule has 0 radical (unpaired) electrons. The van der Waals surface area contributed by atoms with Gasteiger partial charge in [0.1, 0.15) is 5.75 Å².